The maximum atomic E-state index is 12.2. The summed E-state index contributed by atoms with van der Waals surface area (Å²) < 4.78 is 5.09. The van der Waals surface area contributed by atoms with Gasteiger partial charge in [0.1, 0.15) is 0 Å². The van der Waals surface area contributed by atoms with Crippen molar-refractivity contribution in [2.24, 2.45) is 0 Å². The molecule has 1 atom stereocenters. The summed E-state index contributed by atoms with van der Waals surface area (Å²) in [5, 5.41) is 0. The van der Waals surface area contributed by atoms with Crippen LogP contribution in [0, 0.1) is 0 Å². The Balaban J connectivity index is 2.33. The van der Waals surface area contributed by atoms with Crippen molar-refractivity contribution in [1.82, 2.24) is 4.90 Å². The number of imide groups is 1. The molecule has 0 aromatic heterocycles. The first-order valence-electron chi connectivity index (χ1n) is 6.20. The highest BCUT2D eigenvalue weighted by Gasteiger charge is 2.40. The number of carbonyl (C=O) groups is 3. The molecule has 0 bridgehead atoms. The molecule has 0 spiro atoms. The van der Waals surface area contributed by atoms with E-state index in [1.807, 2.05) is 6.92 Å². The van der Waals surface area contributed by atoms with Gasteiger partial charge in [0.05, 0.1) is 11.1 Å². The second-order valence-electron chi connectivity index (χ2n) is 4.38. The van der Waals surface area contributed by atoms with Crippen LogP contribution in [0.2, 0.25) is 0 Å². The van der Waals surface area contributed by atoms with Gasteiger partial charge in [-0.3, -0.25) is 14.4 Å². The third kappa shape index (κ3) is 2.36. The SMILES string of the molecule is CCCC(OC(C)=O)N1C(=O)c2ccccc2C1=O. The maximum Gasteiger partial charge on any atom is 0.304 e. The minimum Gasteiger partial charge on any atom is -0.441 e. The number of hydrogen-bond donors (Lipinski definition) is 0. The van der Waals surface area contributed by atoms with Gasteiger partial charge in [-0.25, -0.2) is 4.90 Å². The topological polar surface area (TPSA) is 63.7 Å². The first kappa shape index (κ1) is 13.3. The number of amides is 2. The number of hydrogen-bond acceptors (Lipinski definition) is 4. The normalized spacial score (nSPS) is 15.4. The molecule has 1 aromatic carbocycles. The van der Waals surface area contributed by atoms with Gasteiger partial charge in [-0.05, 0) is 12.1 Å². The number of rotatable bonds is 4. The smallest absolute Gasteiger partial charge is 0.304 e. The summed E-state index contributed by atoms with van der Waals surface area (Å²) in [7, 11) is 0. The van der Waals surface area contributed by atoms with Gasteiger partial charge in [0, 0.05) is 13.3 Å². The third-order valence-electron chi connectivity index (χ3n) is 2.95. The number of fused-ring (bicyclic) bond motifs is 1. The summed E-state index contributed by atoms with van der Waals surface area (Å²) in [4.78, 5) is 36.6. The molecule has 0 fully saturated rings. The lowest BCUT2D eigenvalue weighted by molar-refractivity contribution is -0.152. The number of carbonyl (C=O) groups excluding carboxylic acids is 3. The number of ether oxygens (including phenoxy) is 1. The standard InChI is InChI=1S/C14H15NO4/c1-3-6-12(19-9(2)16)15-13(17)10-7-4-5-8-11(10)14(15)18/h4-5,7-8,12H,3,6H2,1-2H3. The van der Waals surface area contributed by atoms with Crippen molar-refractivity contribution in [1.29, 1.82) is 0 Å². The molecule has 19 heavy (non-hydrogen) atoms. The van der Waals surface area contributed by atoms with Crippen LogP contribution in [0.25, 0.3) is 0 Å². The number of nitrogens with zero attached hydrogens (tertiary/aromatic N) is 1. The van der Waals surface area contributed by atoms with E-state index in [2.05, 4.69) is 0 Å². The summed E-state index contributed by atoms with van der Waals surface area (Å²) in [6.07, 6.45) is 0.311. The fraction of sp³-hybridized carbons (Fsp3) is 0.357. The summed E-state index contributed by atoms with van der Waals surface area (Å²) in [5.74, 6) is -1.31. The summed E-state index contributed by atoms with van der Waals surface area (Å²) >= 11 is 0. The lowest BCUT2D eigenvalue weighted by Crippen LogP contribution is -2.42. The van der Waals surface area contributed by atoms with E-state index in [1.54, 1.807) is 24.3 Å². The van der Waals surface area contributed by atoms with Crippen LogP contribution in [-0.2, 0) is 9.53 Å². The second-order valence-corrected chi connectivity index (χ2v) is 4.38. The molecular formula is C14H15NO4. The third-order valence-corrected chi connectivity index (χ3v) is 2.95. The molecule has 0 saturated heterocycles. The predicted molar refractivity (Wildman–Crippen MR) is 67.4 cm³/mol. The van der Waals surface area contributed by atoms with Crippen LogP contribution in [0.15, 0.2) is 24.3 Å². The van der Waals surface area contributed by atoms with Crippen molar-refractivity contribution in [2.45, 2.75) is 32.9 Å². The highest BCUT2D eigenvalue weighted by molar-refractivity contribution is 6.21. The van der Waals surface area contributed by atoms with Gasteiger partial charge >= 0.3 is 5.97 Å². The first-order chi connectivity index (χ1) is 9.06. The Morgan fingerprint density at radius 2 is 1.74 bits per heavy atom. The molecule has 1 heterocycles. The summed E-state index contributed by atoms with van der Waals surface area (Å²) in [6.45, 7) is 3.16. The van der Waals surface area contributed by atoms with Gasteiger partial charge < -0.3 is 4.74 Å². The molecule has 100 valence electrons. The molecule has 1 aliphatic rings. The van der Waals surface area contributed by atoms with Crippen molar-refractivity contribution >= 4 is 17.8 Å². The molecule has 1 aliphatic heterocycles. The zero-order valence-electron chi connectivity index (χ0n) is 10.9. The van der Waals surface area contributed by atoms with Crippen LogP contribution in [-0.4, -0.2) is 28.9 Å². The van der Waals surface area contributed by atoms with Gasteiger partial charge in [0.15, 0.2) is 6.23 Å². The molecule has 0 aliphatic carbocycles. The van der Waals surface area contributed by atoms with E-state index < -0.39 is 24.0 Å². The maximum absolute atomic E-state index is 12.2. The molecule has 0 N–H and O–H groups in total. The Labute approximate surface area is 111 Å². The molecular weight excluding hydrogens is 246 g/mol. The zero-order chi connectivity index (χ0) is 14.0. The molecule has 1 unspecified atom stereocenters. The number of benzene rings is 1. The Hall–Kier alpha value is -2.17. The molecule has 5 nitrogen and oxygen atoms in total. The number of esters is 1. The lowest BCUT2D eigenvalue weighted by Gasteiger charge is -2.25. The van der Waals surface area contributed by atoms with Crippen molar-refractivity contribution in [3.05, 3.63) is 35.4 Å². The van der Waals surface area contributed by atoms with Gasteiger partial charge in [-0.2, -0.15) is 0 Å². The van der Waals surface area contributed by atoms with Crippen LogP contribution in [0.3, 0.4) is 0 Å². The van der Waals surface area contributed by atoms with E-state index in [0.717, 1.165) is 4.90 Å². The minimum atomic E-state index is -0.824. The van der Waals surface area contributed by atoms with Gasteiger partial charge in [0.25, 0.3) is 11.8 Å². The Morgan fingerprint density at radius 1 is 1.21 bits per heavy atom. The molecule has 2 rings (SSSR count). The highest BCUT2D eigenvalue weighted by atomic mass is 16.6. The molecule has 0 radical (unpaired) electrons. The fourth-order valence-electron chi connectivity index (χ4n) is 2.15. The summed E-state index contributed by atoms with van der Waals surface area (Å²) in [6, 6.07) is 6.61. The van der Waals surface area contributed by atoms with E-state index in [4.69, 9.17) is 4.74 Å². The molecule has 1 aromatic rings. The van der Waals surface area contributed by atoms with Gasteiger partial charge in [0.2, 0.25) is 0 Å². The molecule has 5 heteroatoms. The van der Waals surface area contributed by atoms with E-state index in [0.29, 0.717) is 24.0 Å². The second kappa shape index (κ2) is 5.22. The lowest BCUT2D eigenvalue weighted by atomic mass is 10.1. The highest BCUT2D eigenvalue weighted by Crippen LogP contribution is 2.26. The molecule has 0 saturated carbocycles. The van der Waals surface area contributed by atoms with Crippen molar-refractivity contribution in [2.75, 3.05) is 0 Å². The van der Waals surface area contributed by atoms with E-state index in [-0.39, 0.29) is 0 Å². The van der Waals surface area contributed by atoms with Gasteiger partial charge in [-0.1, -0.05) is 25.5 Å². The Morgan fingerprint density at radius 3 is 2.16 bits per heavy atom. The monoisotopic (exact) mass is 261 g/mol. The summed E-state index contributed by atoms with van der Waals surface area (Å²) in [5.41, 5.74) is 0.724. The average molecular weight is 261 g/mol. The van der Waals surface area contributed by atoms with Crippen LogP contribution in [0.5, 0.6) is 0 Å². The predicted octanol–water partition coefficient (Wildman–Crippen LogP) is 1.97. The fourth-order valence-corrected chi connectivity index (χ4v) is 2.15. The Bertz CT molecular complexity index is 503. The van der Waals surface area contributed by atoms with E-state index >= 15 is 0 Å². The van der Waals surface area contributed by atoms with Gasteiger partial charge in [-0.15, -0.1) is 0 Å². The quantitative estimate of drug-likeness (QED) is 0.614. The minimum absolute atomic E-state index is 0.362. The first-order valence-corrected chi connectivity index (χ1v) is 6.20. The van der Waals surface area contributed by atoms with Crippen LogP contribution < -0.4 is 0 Å². The van der Waals surface area contributed by atoms with Crippen molar-refractivity contribution in [3.8, 4) is 0 Å². The largest absolute Gasteiger partial charge is 0.441 e. The average Bonchev–Trinajstić information content (AvgIpc) is 2.62. The zero-order valence-corrected chi connectivity index (χ0v) is 10.9. The van der Waals surface area contributed by atoms with Crippen LogP contribution in [0.1, 0.15) is 47.4 Å². The van der Waals surface area contributed by atoms with Crippen molar-refractivity contribution < 1.29 is 19.1 Å². The Kier molecular flexibility index (Phi) is 3.64. The molecule has 2 amide bonds. The van der Waals surface area contributed by atoms with Crippen LogP contribution >= 0.6 is 0 Å². The van der Waals surface area contributed by atoms with E-state index in [1.165, 1.54) is 6.92 Å². The van der Waals surface area contributed by atoms with Crippen LogP contribution in [0.4, 0.5) is 0 Å². The van der Waals surface area contributed by atoms with E-state index in [9.17, 15) is 14.4 Å². The van der Waals surface area contributed by atoms with Crippen molar-refractivity contribution in [3.63, 3.8) is 0 Å².